The minimum absolute atomic E-state index is 0.209. The van der Waals surface area contributed by atoms with E-state index >= 15 is 0 Å². The summed E-state index contributed by atoms with van der Waals surface area (Å²) in [5, 5.41) is 4.56. The quantitative estimate of drug-likeness (QED) is 0.808. The lowest BCUT2D eigenvalue weighted by molar-refractivity contribution is 0.591. The van der Waals surface area contributed by atoms with E-state index in [1.54, 1.807) is 0 Å². The van der Waals surface area contributed by atoms with Crippen LogP contribution in [-0.4, -0.2) is 12.0 Å². The first kappa shape index (κ1) is 12.2. The van der Waals surface area contributed by atoms with E-state index in [-0.39, 0.29) is 5.41 Å². The highest BCUT2D eigenvalue weighted by Gasteiger charge is 2.15. The number of fused-ring (bicyclic) bond motifs is 1. The third-order valence-corrected chi connectivity index (χ3v) is 3.41. The van der Waals surface area contributed by atoms with Gasteiger partial charge in [-0.25, -0.2) is 0 Å². The van der Waals surface area contributed by atoms with Gasteiger partial charge in [-0.2, -0.15) is 0 Å². The summed E-state index contributed by atoms with van der Waals surface area (Å²) in [4.78, 5) is 3.46. The molecule has 0 radical (unpaired) electrons. The molecular weight excluding hydrogens is 208 g/mol. The number of aromatic amines is 1. The number of benzene rings is 1. The predicted molar refractivity (Wildman–Crippen MR) is 74.5 cm³/mol. The van der Waals surface area contributed by atoms with Crippen LogP contribution in [0.1, 0.15) is 45.0 Å². The van der Waals surface area contributed by atoms with Crippen LogP contribution in [0.3, 0.4) is 0 Å². The van der Waals surface area contributed by atoms with Gasteiger partial charge >= 0.3 is 0 Å². The summed E-state index contributed by atoms with van der Waals surface area (Å²) in [7, 11) is 1.98. The smallest absolute Gasteiger partial charge is 0.0456 e. The van der Waals surface area contributed by atoms with Crippen LogP contribution in [0, 0.1) is 0 Å². The van der Waals surface area contributed by atoms with Crippen LogP contribution in [0.15, 0.2) is 24.3 Å². The van der Waals surface area contributed by atoms with Crippen LogP contribution in [0.2, 0.25) is 0 Å². The number of hydrogen-bond donors (Lipinski definition) is 2. The molecule has 1 heterocycles. The molecule has 1 aromatic carbocycles. The normalized spacial score (nSPS) is 14.2. The van der Waals surface area contributed by atoms with Crippen LogP contribution < -0.4 is 5.32 Å². The van der Waals surface area contributed by atoms with E-state index in [1.807, 2.05) is 7.05 Å². The molecule has 0 saturated carbocycles. The molecule has 2 heteroatoms. The van der Waals surface area contributed by atoms with Crippen LogP contribution in [0.25, 0.3) is 10.9 Å². The van der Waals surface area contributed by atoms with Crippen molar-refractivity contribution >= 4 is 10.9 Å². The lowest BCUT2D eigenvalue weighted by Gasteiger charge is -2.18. The molecule has 0 bridgehead atoms. The Morgan fingerprint density at radius 2 is 1.88 bits per heavy atom. The van der Waals surface area contributed by atoms with Gasteiger partial charge in [-0.15, -0.1) is 0 Å². The Morgan fingerprint density at radius 1 is 1.18 bits per heavy atom. The topological polar surface area (TPSA) is 27.8 Å². The second-order valence-corrected chi connectivity index (χ2v) is 5.79. The third kappa shape index (κ3) is 2.37. The second kappa shape index (κ2) is 4.19. The second-order valence-electron chi connectivity index (χ2n) is 5.79. The molecule has 1 atom stereocenters. The minimum atomic E-state index is 0.209. The molecule has 0 fully saturated rings. The maximum Gasteiger partial charge on any atom is 0.0456 e. The SMILES string of the molecule is CNC(C)c1cc2cc(C(C)(C)C)ccc2[nH]1. The molecule has 2 N–H and O–H groups in total. The molecule has 17 heavy (non-hydrogen) atoms. The summed E-state index contributed by atoms with van der Waals surface area (Å²) < 4.78 is 0. The van der Waals surface area contributed by atoms with Crippen LogP contribution in [0.5, 0.6) is 0 Å². The van der Waals surface area contributed by atoms with Crippen molar-refractivity contribution in [3.8, 4) is 0 Å². The van der Waals surface area contributed by atoms with Gasteiger partial charge in [-0.05, 0) is 48.5 Å². The Bertz CT molecular complexity index is 517. The largest absolute Gasteiger partial charge is 0.357 e. The third-order valence-electron chi connectivity index (χ3n) is 3.41. The van der Waals surface area contributed by atoms with Gasteiger partial charge in [0, 0.05) is 17.3 Å². The Kier molecular flexibility index (Phi) is 3.00. The van der Waals surface area contributed by atoms with E-state index in [1.165, 1.54) is 22.2 Å². The van der Waals surface area contributed by atoms with Gasteiger partial charge in [0.15, 0.2) is 0 Å². The van der Waals surface area contributed by atoms with Crippen molar-refractivity contribution in [1.29, 1.82) is 0 Å². The molecule has 0 aliphatic rings. The number of nitrogens with one attached hydrogen (secondary N) is 2. The van der Waals surface area contributed by atoms with Gasteiger partial charge in [0.1, 0.15) is 0 Å². The van der Waals surface area contributed by atoms with Crippen molar-refractivity contribution in [3.63, 3.8) is 0 Å². The average molecular weight is 230 g/mol. The number of hydrogen-bond acceptors (Lipinski definition) is 1. The Morgan fingerprint density at radius 3 is 2.47 bits per heavy atom. The Hall–Kier alpha value is -1.28. The lowest BCUT2D eigenvalue weighted by Crippen LogP contribution is -2.12. The van der Waals surface area contributed by atoms with Crippen LogP contribution in [-0.2, 0) is 5.41 Å². The molecule has 0 aliphatic carbocycles. The minimum Gasteiger partial charge on any atom is -0.357 e. The molecule has 1 unspecified atom stereocenters. The summed E-state index contributed by atoms with van der Waals surface area (Å²) in [5.74, 6) is 0. The highest BCUT2D eigenvalue weighted by molar-refractivity contribution is 5.81. The molecule has 1 aromatic heterocycles. The number of H-pyrrole nitrogens is 1. The van der Waals surface area contributed by atoms with Crippen molar-refractivity contribution in [2.45, 2.75) is 39.2 Å². The predicted octanol–water partition coefficient (Wildman–Crippen LogP) is 3.75. The molecule has 92 valence electrons. The Labute approximate surface area is 103 Å². The Balaban J connectivity index is 2.48. The summed E-state index contributed by atoms with van der Waals surface area (Å²) in [6.07, 6.45) is 0. The maximum atomic E-state index is 3.46. The van der Waals surface area contributed by atoms with Crippen molar-refractivity contribution in [2.75, 3.05) is 7.05 Å². The molecule has 2 rings (SSSR count). The molecule has 2 nitrogen and oxygen atoms in total. The van der Waals surface area contributed by atoms with Gasteiger partial charge in [-0.3, -0.25) is 0 Å². The van der Waals surface area contributed by atoms with Gasteiger partial charge < -0.3 is 10.3 Å². The van der Waals surface area contributed by atoms with Gasteiger partial charge in [0.25, 0.3) is 0 Å². The van der Waals surface area contributed by atoms with Crippen LogP contribution in [0.4, 0.5) is 0 Å². The monoisotopic (exact) mass is 230 g/mol. The summed E-state index contributed by atoms with van der Waals surface area (Å²) in [6, 6.07) is 9.29. The lowest BCUT2D eigenvalue weighted by atomic mass is 9.86. The van der Waals surface area contributed by atoms with Crippen molar-refractivity contribution < 1.29 is 0 Å². The highest BCUT2D eigenvalue weighted by Crippen LogP contribution is 2.27. The van der Waals surface area contributed by atoms with E-state index in [0.717, 1.165) is 0 Å². The standard InChI is InChI=1S/C15H22N2/c1-10(16-5)14-9-11-8-12(15(2,3)4)6-7-13(11)17-14/h6-10,16-17H,1-5H3. The van der Waals surface area contributed by atoms with Crippen LogP contribution >= 0.6 is 0 Å². The zero-order valence-electron chi connectivity index (χ0n) is 11.4. The van der Waals surface area contributed by atoms with Crippen molar-refractivity contribution in [1.82, 2.24) is 10.3 Å². The van der Waals surface area contributed by atoms with Gasteiger partial charge in [0.05, 0.1) is 0 Å². The fourth-order valence-electron chi connectivity index (χ4n) is 2.01. The summed E-state index contributed by atoms with van der Waals surface area (Å²) in [5.41, 5.74) is 4.05. The number of rotatable bonds is 2. The first-order chi connectivity index (χ1) is 7.91. The summed E-state index contributed by atoms with van der Waals surface area (Å²) >= 11 is 0. The van der Waals surface area contributed by atoms with Gasteiger partial charge in [0.2, 0.25) is 0 Å². The highest BCUT2D eigenvalue weighted by atomic mass is 14.9. The fraction of sp³-hybridized carbons (Fsp3) is 0.467. The number of aromatic nitrogens is 1. The molecular formula is C15H22N2. The zero-order chi connectivity index (χ0) is 12.6. The average Bonchev–Trinajstić information content (AvgIpc) is 2.69. The van der Waals surface area contributed by atoms with E-state index in [4.69, 9.17) is 0 Å². The van der Waals surface area contributed by atoms with Gasteiger partial charge in [-0.1, -0.05) is 26.8 Å². The van der Waals surface area contributed by atoms with E-state index in [0.29, 0.717) is 6.04 Å². The molecule has 0 spiro atoms. The van der Waals surface area contributed by atoms with E-state index in [2.05, 4.69) is 62.3 Å². The fourth-order valence-corrected chi connectivity index (χ4v) is 2.01. The zero-order valence-corrected chi connectivity index (χ0v) is 11.4. The first-order valence-electron chi connectivity index (χ1n) is 6.22. The molecule has 0 saturated heterocycles. The molecule has 0 aliphatic heterocycles. The van der Waals surface area contributed by atoms with Crippen molar-refractivity contribution in [3.05, 3.63) is 35.5 Å². The van der Waals surface area contributed by atoms with E-state index in [9.17, 15) is 0 Å². The summed E-state index contributed by atoms with van der Waals surface area (Å²) in [6.45, 7) is 8.91. The first-order valence-corrected chi connectivity index (χ1v) is 6.22. The maximum absolute atomic E-state index is 3.46. The van der Waals surface area contributed by atoms with E-state index < -0.39 is 0 Å². The van der Waals surface area contributed by atoms with Crippen molar-refractivity contribution in [2.24, 2.45) is 0 Å². The molecule has 0 amide bonds. The molecule has 2 aromatic rings.